The summed E-state index contributed by atoms with van der Waals surface area (Å²) in [5, 5.41) is 0. The van der Waals surface area contributed by atoms with E-state index in [-0.39, 0.29) is 0 Å². The number of carbonyl (C=O) groups excluding carboxylic acids is 1. The highest BCUT2D eigenvalue weighted by atomic mass is 16.1. The van der Waals surface area contributed by atoms with Gasteiger partial charge in [0.05, 0.1) is 0 Å². The van der Waals surface area contributed by atoms with Gasteiger partial charge in [-0.1, -0.05) is 19.1 Å². The highest BCUT2D eigenvalue weighted by molar-refractivity contribution is 5.76. The summed E-state index contributed by atoms with van der Waals surface area (Å²) in [6.07, 6.45) is 11.7. The van der Waals surface area contributed by atoms with Crippen molar-refractivity contribution in [2.75, 3.05) is 0 Å². The van der Waals surface area contributed by atoms with Gasteiger partial charge < -0.3 is 0 Å². The van der Waals surface area contributed by atoms with Crippen molar-refractivity contribution in [1.82, 2.24) is 0 Å². The smallest absolute Gasteiger partial charge is 0.233 e. The van der Waals surface area contributed by atoms with Crippen molar-refractivity contribution in [2.45, 2.75) is 57.3 Å². The molecule has 0 aromatic heterocycles. The Morgan fingerprint density at radius 2 is 1.70 bits per heavy atom. The van der Waals surface area contributed by atoms with Gasteiger partial charge in [0, 0.05) is 5.56 Å². The van der Waals surface area contributed by atoms with Crippen LogP contribution in [0.5, 0.6) is 0 Å². The van der Waals surface area contributed by atoms with Gasteiger partial charge in [0.2, 0.25) is 6.29 Å². The van der Waals surface area contributed by atoms with Crippen LogP contribution in [0.15, 0.2) is 18.2 Å². The maximum atomic E-state index is 11.1. The maximum absolute atomic E-state index is 11.1. The van der Waals surface area contributed by atoms with Crippen LogP contribution in [0.1, 0.15) is 62.1 Å². The van der Waals surface area contributed by atoms with Crippen LogP contribution in [0.3, 0.4) is 0 Å². The lowest BCUT2D eigenvalue weighted by Gasteiger charge is -2.57. The normalized spacial score (nSPS) is 38.1. The molecular formula is C19H23O. The molecule has 105 valence electrons. The number of benzene rings is 1. The Kier molecular flexibility index (Phi) is 2.80. The lowest BCUT2D eigenvalue weighted by Crippen LogP contribution is -2.49. The zero-order chi connectivity index (χ0) is 13.7. The third-order valence-electron chi connectivity index (χ3n) is 6.22. The van der Waals surface area contributed by atoms with Crippen LogP contribution in [0.25, 0.3) is 0 Å². The van der Waals surface area contributed by atoms with Crippen molar-refractivity contribution in [3.05, 3.63) is 34.9 Å². The van der Waals surface area contributed by atoms with Crippen LogP contribution < -0.4 is 0 Å². The van der Waals surface area contributed by atoms with E-state index in [1.54, 1.807) is 0 Å². The third-order valence-corrected chi connectivity index (χ3v) is 6.22. The van der Waals surface area contributed by atoms with Crippen LogP contribution in [0.2, 0.25) is 0 Å². The summed E-state index contributed by atoms with van der Waals surface area (Å²) in [7, 11) is 0. The Morgan fingerprint density at radius 3 is 2.20 bits per heavy atom. The first kappa shape index (κ1) is 12.6. The molecule has 4 aliphatic carbocycles. The Morgan fingerprint density at radius 1 is 1.10 bits per heavy atom. The molecule has 0 amide bonds. The highest BCUT2D eigenvalue weighted by Gasteiger charge is 2.52. The van der Waals surface area contributed by atoms with Crippen LogP contribution >= 0.6 is 0 Å². The van der Waals surface area contributed by atoms with Crippen molar-refractivity contribution in [2.24, 2.45) is 17.8 Å². The Hall–Kier alpha value is -1.11. The summed E-state index contributed by atoms with van der Waals surface area (Å²) in [6.45, 7) is 2.24. The van der Waals surface area contributed by atoms with Crippen molar-refractivity contribution < 1.29 is 4.79 Å². The van der Waals surface area contributed by atoms with E-state index in [1.165, 1.54) is 49.7 Å². The van der Waals surface area contributed by atoms with Crippen LogP contribution in [0, 0.1) is 17.8 Å². The monoisotopic (exact) mass is 267 g/mol. The van der Waals surface area contributed by atoms with E-state index in [1.807, 2.05) is 6.07 Å². The Bertz CT molecular complexity index is 507. The van der Waals surface area contributed by atoms with Gasteiger partial charge >= 0.3 is 0 Å². The molecule has 0 N–H and O–H groups in total. The summed E-state index contributed by atoms with van der Waals surface area (Å²) in [5.74, 6) is 2.86. The van der Waals surface area contributed by atoms with Gasteiger partial charge in [0.25, 0.3) is 0 Å². The van der Waals surface area contributed by atoms with Crippen molar-refractivity contribution in [3.63, 3.8) is 0 Å². The average molecular weight is 267 g/mol. The molecule has 0 unspecified atom stereocenters. The van der Waals surface area contributed by atoms with Gasteiger partial charge in [-0.3, -0.25) is 4.79 Å². The molecule has 1 radical (unpaired) electrons. The van der Waals surface area contributed by atoms with Gasteiger partial charge in [0.15, 0.2) is 0 Å². The maximum Gasteiger partial charge on any atom is 0.233 e. The summed E-state index contributed by atoms with van der Waals surface area (Å²) in [4.78, 5) is 11.1. The number of hydrogen-bond donors (Lipinski definition) is 0. The second-order valence-electron chi connectivity index (χ2n) is 7.53. The molecule has 1 nitrogen and oxygen atoms in total. The third kappa shape index (κ3) is 1.78. The minimum atomic E-state index is 0.396. The SMILES string of the molecule is CCc1ccc([C]=O)cc1C12CC3CC(CC(C3)C1)C2. The van der Waals surface area contributed by atoms with E-state index in [0.717, 1.165) is 29.7 Å². The lowest BCUT2D eigenvalue weighted by molar-refractivity contribution is -0.00556. The first-order valence-corrected chi connectivity index (χ1v) is 8.24. The van der Waals surface area contributed by atoms with E-state index < -0.39 is 0 Å². The van der Waals surface area contributed by atoms with Crippen LogP contribution in [-0.4, -0.2) is 6.29 Å². The summed E-state index contributed by atoms with van der Waals surface area (Å²) < 4.78 is 0. The topological polar surface area (TPSA) is 17.1 Å². The molecule has 1 heteroatoms. The minimum Gasteiger partial charge on any atom is -0.285 e. The summed E-state index contributed by atoms with van der Waals surface area (Å²) in [5.41, 5.74) is 4.10. The molecule has 5 rings (SSSR count). The summed E-state index contributed by atoms with van der Waals surface area (Å²) >= 11 is 0. The number of aryl methyl sites for hydroxylation is 1. The standard InChI is InChI=1S/C19H23O/c1-2-17-4-3-13(12-20)8-18(17)19-9-14-5-15(10-19)7-16(6-14)11-19/h3-4,8,14-16H,2,5-7,9-11H2,1H3. The molecule has 1 aromatic rings. The van der Waals surface area contributed by atoms with E-state index in [4.69, 9.17) is 0 Å². The highest BCUT2D eigenvalue weighted by Crippen LogP contribution is 2.61. The van der Waals surface area contributed by atoms with E-state index in [2.05, 4.69) is 25.3 Å². The quantitative estimate of drug-likeness (QED) is 0.803. The average Bonchev–Trinajstić information content (AvgIpc) is 2.45. The fourth-order valence-electron chi connectivity index (χ4n) is 5.88. The van der Waals surface area contributed by atoms with Crippen molar-refractivity contribution >= 4 is 6.29 Å². The zero-order valence-electron chi connectivity index (χ0n) is 12.3. The molecule has 20 heavy (non-hydrogen) atoms. The van der Waals surface area contributed by atoms with Crippen LogP contribution in [-0.2, 0) is 16.6 Å². The van der Waals surface area contributed by atoms with Gasteiger partial charge in [-0.15, -0.1) is 0 Å². The lowest BCUT2D eigenvalue weighted by atomic mass is 9.47. The molecule has 0 aliphatic heterocycles. The molecule has 0 heterocycles. The van der Waals surface area contributed by atoms with Gasteiger partial charge in [-0.05, 0) is 85.3 Å². The molecule has 4 saturated carbocycles. The van der Waals surface area contributed by atoms with Gasteiger partial charge in [-0.2, -0.15) is 0 Å². The van der Waals surface area contributed by atoms with E-state index >= 15 is 0 Å². The largest absolute Gasteiger partial charge is 0.285 e. The van der Waals surface area contributed by atoms with E-state index in [0.29, 0.717) is 5.41 Å². The van der Waals surface area contributed by atoms with E-state index in [9.17, 15) is 4.79 Å². The first-order chi connectivity index (χ1) is 9.72. The van der Waals surface area contributed by atoms with Gasteiger partial charge in [0.1, 0.15) is 0 Å². The Labute approximate surface area is 121 Å². The second-order valence-corrected chi connectivity index (χ2v) is 7.53. The van der Waals surface area contributed by atoms with Gasteiger partial charge in [-0.25, -0.2) is 0 Å². The predicted molar refractivity (Wildman–Crippen MR) is 80.5 cm³/mol. The van der Waals surface area contributed by atoms with Crippen LogP contribution in [0.4, 0.5) is 0 Å². The fraction of sp³-hybridized carbons (Fsp3) is 0.632. The molecule has 4 aliphatic rings. The number of hydrogen-bond acceptors (Lipinski definition) is 1. The molecule has 0 atom stereocenters. The fourth-order valence-corrected chi connectivity index (χ4v) is 5.88. The second kappa shape index (κ2) is 4.44. The Balaban J connectivity index is 1.81. The summed E-state index contributed by atoms with van der Waals surface area (Å²) in [6, 6.07) is 6.28. The minimum absolute atomic E-state index is 0.396. The predicted octanol–water partition coefficient (Wildman–Crippen LogP) is 4.17. The zero-order valence-corrected chi connectivity index (χ0v) is 12.3. The molecular weight excluding hydrogens is 244 g/mol. The number of rotatable bonds is 3. The molecule has 4 bridgehead atoms. The molecule has 0 saturated heterocycles. The first-order valence-electron chi connectivity index (χ1n) is 8.24. The molecule has 1 aromatic carbocycles. The molecule has 0 spiro atoms. The van der Waals surface area contributed by atoms with Crippen molar-refractivity contribution in [3.8, 4) is 0 Å². The van der Waals surface area contributed by atoms with Crippen molar-refractivity contribution in [1.29, 1.82) is 0 Å². The molecule has 4 fully saturated rings.